The van der Waals surface area contributed by atoms with Gasteiger partial charge >= 0.3 is 5.97 Å². The molecule has 0 bridgehead atoms. The van der Waals surface area contributed by atoms with E-state index in [0.717, 1.165) is 17.1 Å². The zero-order chi connectivity index (χ0) is 19.9. The van der Waals surface area contributed by atoms with E-state index in [9.17, 15) is 9.59 Å². The Balaban J connectivity index is 1.71. The molecule has 1 amide bonds. The number of hydrogen-bond acceptors (Lipinski definition) is 5. The Labute approximate surface area is 163 Å². The first-order chi connectivity index (χ1) is 13.6. The Bertz CT molecular complexity index is 939. The zero-order valence-electron chi connectivity index (χ0n) is 15.8. The van der Waals surface area contributed by atoms with Crippen LogP contribution in [0.4, 0.5) is 17.1 Å². The molecule has 0 fully saturated rings. The van der Waals surface area contributed by atoms with Crippen molar-refractivity contribution in [3.05, 3.63) is 84.2 Å². The van der Waals surface area contributed by atoms with Crippen LogP contribution < -0.4 is 10.2 Å². The van der Waals surface area contributed by atoms with Crippen LogP contribution in [0.25, 0.3) is 0 Å². The summed E-state index contributed by atoms with van der Waals surface area (Å²) >= 11 is 0. The molecule has 0 aliphatic carbocycles. The summed E-state index contributed by atoms with van der Waals surface area (Å²) in [6.45, 7) is 2.48. The fraction of sp³-hybridized carbons (Fsp3) is 0.136. The van der Waals surface area contributed by atoms with Crippen molar-refractivity contribution in [2.45, 2.75) is 6.92 Å². The molecule has 6 nitrogen and oxygen atoms in total. The molecule has 0 radical (unpaired) electrons. The number of nitrogens with zero attached hydrogens (tertiary/aromatic N) is 2. The van der Waals surface area contributed by atoms with E-state index >= 15 is 0 Å². The number of carbonyl (C=O) groups excluding carboxylic acids is 2. The Morgan fingerprint density at radius 3 is 2.21 bits per heavy atom. The number of anilines is 3. The molecule has 0 unspecified atom stereocenters. The second kappa shape index (κ2) is 8.81. The molecule has 1 N–H and O–H groups in total. The molecule has 0 saturated carbocycles. The predicted octanol–water partition coefficient (Wildman–Crippen LogP) is 4.28. The molecule has 28 heavy (non-hydrogen) atoms. The third kappa shape index (κ3) is 4.35. The summed E-state index contributed by atoms with van der Waals surface area (Å²) < 4.78 is 4.69. The summed E-state index contributed by atoms with van der Waals surface area (Å²) in [4.78, 5) is 30.2. The number of ether oxygens (including phenoxy) is 1. The maximum absolute atomic E-state index is 12.8. The van der Waals surface area contributed by atoms with Gasteiger partial charge < -0.3 is 15.0 Å². The second-order valence-corrected chi connectivity index (χ2v) is 6.01. The minimum Gasteiger partial charge on any atom is -0.465 e. The lowest BCUT2D eigenvalue weighted by Crippen LogP contribution is -2.31. The number of para-hydroxylation sites is 1. The van der Waals surface area contributed by atoms with Crippen molar-refractivity contribution < 1.29 is 14.3 Å². The Morgan fingerprint density at radius 1 is 0.964 bits per heavy atom. The van der Waals surface area contributed by atoms with Crippen molar-refractivity contribution in [3.63, 3.8) is 0 Å². The highest BCUT2D eigenvalue weighted by Gasteiger charge is 2.17. The number of amides is 1. The molecule has 0 atom stereocenters. The Morgan fingerprint density at radius 2 is 1.64 bits per heavy atom. The van der Waals surface area contributed by atoms with Crippen LogP contribution in [-0.4, -0.2) is 30.5 Å². The van der Waals surface area contributed by atoms with Crippen LogP contribution in [-0.2, 0) is 4.74 Å². The molecule has 1 heterocycles. The summed E-state index contributed by atoms with van der Waals surface area (Å²) in [5.74, 6) is -0.530. The molecule has 3 rings (SSSR count). The van der Waals surface area contributed by atoms with Gasteiger partial charge in [-0.2, -0.15) is 0 Å². The lowest BCUT2D eigenvalue weighted by molar-refractivity contribution is 0.0600. The van der Waals surface area contributed by atoms with Gasteiger partial charge in [-0.05, 0) is 55.5 Å². The lowest BCUT2D eigenvalue weighted by atomic mass is 10.2. The maximum Gasteiger partial charge on any atom is 0.337 e. The minimum atomic E-state index is -0.380. The van der Waals surface area contributed by atoms with E-state index in [1.165, 1.54) is 7.11 Å². The van der Waals surface area contributed by atoms with Crippen molar-refractivity contribution in [1.29, 1.82) is 0 Å². The third-order valence-corrected chi connectivity index (χ3v) is 4.21. The molecule has 0 saturated heterocycles. The average molecular weight is 375 g/mol. The molecule has 2 aromatic carbocycles. The number of rotatable bonds is 6. The molecule has 6 heteroatoms. The monoisotopic (exact) mass is 375 g/mol. The van der Waals surface area contributed by atoms with Gasteiger partial charge in [0, 0.05) is 17.9 Å². The average Bonchev–Trinajstić information content (AvgIpc) is 2.75. The van der Waals surface area contributed by atoms with Crippen LogP contribution in [0.3, 0.4) is 0 Å². The molecule has 142 valence electrons. The highest BCUT2D eigenvalue weighted by atomic mass is 16.5. The summed E-state index contributed by atoms with van der Waals surface area (Å²) in [7, 11) is 1.35. The van der Waals surface area contributed by atoms with Gasteiger partial charge in [0.2, 0.25) is 0 Å². The molecule has 0 spiro atoms. The van der Waals surface area contributed by atoms with E-state index in [4.69, 9.17) is 0 Å². The number of pyridine rings is 1. The molecular formula is C22H21N3O3. The quantitative estimate of drug-likeness (QED) is 0.651. The van der Waals surface area contributed by atoms with Crippen LogP contribution in [0.5, 0.6) is 0 Å². The van der Waals surface area contributed by atoms with Crippen molar-refractivity contribution in [2.75, 3.05) is 23.9 Å². The summed E-state index contributed by atoms with van der Waals surface area (Å²) in [5.41, 5.74) is 3.23. The van der Waals surface area contributed by atoms with E-state index in [-0.39, 0.29) is 11.9 Å². The number of methoxy groups -OCH3 is 1. The van der Waals surface area contributed by atoms with Crippen LogP contribution in [0, 0.1) is 0 Å². The molecule has 3 aromatic rings. The van der Waals surface area contributed by atoms with Gasteiger partial charge in [-0.15, -0.1) is 0 Å². The van der Waals surface area contributed by atoms with Gasteiger partial charge in [-0.1, -0.05) is 18.2 Å². The number of esters is 1. The first kappa shape index (κ1) is 19.1. The van der Waals surface area contributed by atoms with Crippen molar-refractivity contribution in [2.24, 2.45) is 0 Å². The number of hydrogen-bond donors (Lipinski definition) is 1. The summed E-state index contributed by atoms with van der Waals surface area (Å²) in [5, 5.41) is 3.19. The topological polar surface area (TPSA) is 71.5 Å². The molecule has 0 aliphatic heterocycles. The van der Waals surface area contributed by atoms with Gasteiger partial charge in [0.05, 0.1) is 24.6 Å². The van der Waals surface area contributed by atoms with Crippen molar-refractivity contribution >= 4 is 28.9 Å². The van der Waals surface area contributed by atoms with Gasteiger partial charge in [0.1, 0.15) is 5.69 Å². The van der Waals surface area contributed by atoms with E-state index < -0.39 is 0 Å². The van der Waals surface area contributed by atoms with Crippen LogP contribution in [0.15, 0.2) is 72.9 Å². The van der Waals surface area contributed by atoms with E-state index in [2.05, 4.69) is 15.0 Å². The van der Waals surface area contributed by atoms with Crippen LogP contribution in [0.1, 0.15) is 27.8 Å². The normalized spacial score (nSPS) is 10.2. The number of nitrogens with one attached hydrogen (secondary N) is 1. The SMILES string of the molecule is CCN(C(=O)c1ccc(Nc2ccc(C(=O)OC)cc2)cn1)c1ccccc1. The molecular weight excluding hydrogens is 354 g/mol. The lowest BCUT2D eigenvalue weighted by Gasteiger charge is -2.20. The van der Waals surface area contributed by atoms with Crippen molar-refractivity contribution in [1.82, 2.24) is 4.98 Å². The Hall–Kier alpha value is -3.67. The fourth-order valence-electron chi connectivity index (χ4n) is 2.76. The zero-order valence-corrected chi connectivity index (χ0v) is 15.8. The second-order valence-electron chi connectivity index (χ2n) is 6.01. The van der Waals surface area contributed by atoms with Gasteiger partial charge in [-0.3, -0.25) is 4.79 Å². The fourth-order valence-corrected chi connectivity index (χ4v) is 2.76. The van der Waals surface area contributed by atoms with Gasteiger partial charge in [-0.25, -0.2) is 9.78 Å². The van der Waals surface area contributed by atoms with Crippen LogP contribution in [0.2, 0.25) is 0 Å². The predicted molar refractivity (Wildman–Crippen MR) is 109 cm³/mol. The van der Waals surface area contributed by atoms with E-state index in [1.54, 1.807) is 47.5 Å². The van der Waals surface area contributed by atoms with Crippen LogP contribution >= 0.6 is 0 Å². The number of benzene rings is 2. The maximum atomic E-state index is 12.8. The Kier molecular flexibility index (Phi) is 6.01. The van der Waals surface area contributed by atoms with Gasteiger partial charge in [0.25, 0.3) is 5.91 Å². The summed E-state index contributed by atoms with van der Waals surface area (Å²) in [6, 6.07) is 19.9. The highest BCUT2D eigenvalue weighted by molar-refractivity contribution is 6.04. The third-order valence-electron chi connectivity index (χ3n) is 4.21. The van der Waals surface area contributed by atoms with E-state index in [0.29, 0.717) is 17.8 Å². The first-order valence-electron chi connectivity index (χ1n) is 8.90. The standard InChI is InChI=1S/C22H21N3O3/c1-3-25(19-7-5-4-6-8-19)21(26)20-14-13-18(15-23-20)24-17-11-9-16(10-12-17)22(27)28-2/h4-15,24H,3H2,1-2H3. The van der Waals surface area contributed by atoms with Crippen molar-refractivity contribution in [3.8, 4) is 0 Å². The first-order valence-corrected chi connectivity index (χ1v) is 8.90. The highest BCUT2D eigenvalue weighted by Crippen LogP contribution is 2.19. The molecule has 1 aromatic heterocycles. The number of aromatic nitrogens is 1. The largest absolute Gasteiger partial charge is 0.465 e. The van der Waals surface area contributed by atoms with Gasteiger partial charge in [0.15, 0.2) is 0 Å². The smallest absolute Gasteiger partial charge is 0.337 e. The number of carbonyl (C=O) groups is 2. The molecule has 0 aliphatic rings. The summed E-state index contributed by atoms with van der Waals surface area (Å²) in [6.07, 6.45) is 1.61. The minimum absolute atomic E-state index is 0.150. The van der Waals surface area contributed by atoms with E-state index in [1.807, 2.05) is 37.3 Å².